The molecule has 0 aliphatic carbocycles. The van der Waals surface area contributed by atoms with Crippen LogP contribution in [-0.4, -0.2) is 39.5 Å². The lowest BCUT2D eigenvalue weighted by atomic mass is 10.00. The normalized spacial score (nSPS) is 17.1. The Kier molecular flexibility index (Phi) is 6.29. The summed E-state index contributed by atoms with van der Waals surface area (Å²) >= 11 is 2.46. The van der Waals surface area contributed by atoms with Crippen LogP contribution in [0.4, 0.5) is 5.13 Å². The summed E-state index contributed by atoms with van der Waals surface area (Å²) in [5, 5.41) is 22.7. The lowest BCUT2D eigenvalue weighted by Crippen LogP contribution is -2.28. The van der Waals surface area contributed by atoms with Gasteiger partial charge in [0.05, 0.1) is 28.0 Å². The van der Waals surface area contributed by atoms with Gasteiger partial charge in [0.1, 0.15) is 17.6 Å². The second kappa shape index (κ2) is 9.56. The fourth-order valence-electron chi connectivity index (χ4n) is 4.00. The van der Waals surface area contributed by atoms with Crippen LogP contribution in [-0.2, 0) is 9.59 Å². The van der Waals surface area contributed by atoms with Crippen LogP contribution in [0.1, 0.15) is 40.2 Å². The van der Waals surface area contributed by atoms with Gasteiger partial charge < -0.3 is 14.9 Å². The largest absolute Gasteiger partial charge is 0.507 e. The van der Waals surface area contributed by atoms with E-state index < -0.39 is 23.7 Å². The van der Waals surface area contributed by atoms with Crippen LogP contribution in [0.3, 0.4) is 0 Å². The van der Waals surface area contributed by atoms with Gasteiger partial charge in [0.2, 0.25) is 0 Å². The van der Waals surface area contributed by atoms with Gasteiger partial charge >= 0.3 is 11.9 Å². The van der Waals surface area contributed by atoms with E-state index in [1.807, 2.05) is 12.3 Å². The summed E-state index contributed by atoms with van der Waals surface area (Å²) < 4.78 is 6.23. The van der Waals surface area contributed by atoms with E-state index >= 15 is 0 Å². The van der Waals surface area contributed by atoms with E-state index in [-0.39, 0.29) is 22.0 Å². The first-order chi connectivity index (χ1) is 17.4. The third-order valence-electron chi connectivity index (χ3n) is 5.67. The third-order valence-corrected chi connectivity index (χ3v) is 7.61. The molecule has 1 aliphatic rings. The molecule has 4 aromatic rings. The van der Waals surface area contributed by atoms with Crippen LogP contribution in [0.5, 0.6) is 5.75 Å². The van der Waals surface area contributed by atoms with Crippen molar-refractivity contribution in [2.75, 3.05) is 11.5 Å². The van der Waals surface area contributed by atoms with Gasteiger partial charge in [0.25, 0.3) is 5.78 Å². The predicted octanol–water partition coefficient (Wildman–Crippen LogP) is 5.47. The average molecular weight is 521 g/mol. The first kappa shape index (κ1) is 23.7. The number of thiazole rings is 1. The number of fused-ring (bicyclic) bond motifs is 1. The lowest BCUT2D eigenvalue weighted by Gasteiger charge is -2.21. The summed E-state index contributed by atoms with van der Waals surface area (Å²) in [6, 6.07) is 14.0. The van der Waals surface area contributed by atoms with E-state index in [0.717, 1.165) is 17.8 Å². The smallest absolute Gasteiger partial charge is 0.335 e. The molecule has 0 radical (unpaired) electrons. The zero-order chi connectivity index (χ0) is 25.4. The lowest BCUT2D eigenvalue weighted by molar-refractivity contribution is -0.132. The van der Waals surface area contributed by atoms with Crippen LogP contribution >= 0.6 is 22.7 Å². The standard InChI is InChI=1S/C26H20N2O6S2/c1-2-10-34-16-6-3-5-14(12-16)22(29)20-21(18-7-4-11-35-18)28(24(31)23(20)30)26-27-17-9-8-15(25(32)33)13-19(17)36-26/h3-9,11-13,21,29H,2,10H2,1H3,(H,32,33)/b22-20+. The Labute approximate surface area is 213 Å². The number of carbonyl (C=O) groups excluding carboxylic acids is 2. The molecule has 1 aliphatic heterocycles. The molecule has 0 spiro atoms. The molecule has 36 heavy (non-hydrogen) atoms. The number of thiophene rings is 1. The van der Waals surface area contributed by atoms with Crippen LogP contribution in [0.15, 0.2) is 65.6 Å². The molecule has 8 nitrogen and oxygen atoms in total. The first-order valence-corrected chi connectivity index (χ1v) is 12.8. The number of benzene rings is 2. The SMILES string of the molecule is CCCOc1cccc(/C(O)=C2\C(=O)C(=O)N(c3nc4ccc(C(=O)O)cc4s3)C2c2cccs2)c1. The number of aromatic carboxylic acids is 1. The van der Waals surface area contributed by atoms with Crippen molar-refractivity contribution < 1.29 is 29.3 Å². The van der Waals surface area contributed by atoms with Crippen LogP contribution < -0.4 is 9.64 Å². The highest BCUT2D eigenvalue weighted by Gasteiger charge is 2.48. The van der Waals surface area contributed by atoms with Crippen LogP contribution in [0.25, 0.3) is 16.0 Å². The summed E-state index contributed by atoms with van der Waals surface area (Å²) in [5.41, 5.74) is 0.923. The number of carboxylic acids is 1. The zero-order valence-electron chi connectivity index (χ0n) is 19.0. The fraction of sp³-hybridized carbons (Fsp3) is 0.154. The van der Waals surface area contributed by atoms with Crippen molar-refractivity contribution in [2.24, 2.45) is 0 Å². The third kappa shape index (κ3) is 4.14. The molecular formula is C26H20N2O6S2. The van der Waals surface area contributed by atoms with E-state index in [1.54, 1.807) is 42.5 Å². The predicted molar refractivity (Wildman–Crippen MR) is 138 cm³/mol. The van der Waals surface area contributed by atoms with Crippen LogP contribution in [0.2, 0.25) is 0 Å². The van der Waals surface area contributed by atoms with Gasteiger partial charge in [-0.05, 0) is 48.2 Å². The number of amides is 1. The number of aliphatic hydroxyl groups excluding tert-OH is 1. The molecular weight excluding hydrogens is 500 g/mol. The van der Waals surface area contributed by atoms with Crippen molar-refractivity contribution in [3.05, 3.63) is 81.6 Å². The maximum Gasteiger partial charge on any atom is 0.335 e. The number of anilines is 1. The maximum absolute atomic E-state index is 13.3. The Morgan fingerprint density at radius 2 is 1.92 bits per heavy atom. The van der Waals surface area contributed by atoms with E-state index in [9.17, 15) is 24.6 Å². The minimum absolute atomic E-state index is 0.0411. The Morgan fingerprint density at radius 1 is 1.08 bits per heavy atom. The summed E-state index contributed by atoms with van der Waals surface area (Å²) in [5.74, 6) is -2.47. The van der Waals surface area contributed by atoms with Gasteiger partial charge in [-0.3, -0.25) is 14.5 Å². The van der Waals surface area contributed by atoms with Crippen molar-refractivity contribution in [3.8, 4) is 5.75 Å². The number of hydrogen-bond acceptors (Lipinski definition) is 8. The number of aliphatic hydroxyl groups is 1. The number of carbonyl (C=O) groups is 3. The van der Waals surface area contributed by atoms with E-state index in [4.69, 9.17) is 4.74 Å². The molecule has 1 amide bonds. The summed E-state index contributed by atoms with van der Waals surface area (Å²) in [6.45, 7) is 2.49. The zero-order valence-corrected chi connectivity index (χ0v) is 20.6. The number of rotatable bonds is 7. The van der Waals surface area contributed by atoms with Gasteiger partial charge in [-0.2, -0.15) is 0 Å². The Bertz CT molecular complexity index is 1520. The minimum atomic E-state index is -1.07. The monoisotopic (exact) mass is 520 g/mol. The molecule has 1 atom stereocenters. The molecule has 5 rings (SSSR count). The van der Waals surface area contributed by atoms with E-state index in [0.29, 0.717) is 33.0 Å². The first-order valence-electron chi connectivity index (χ1n) is 11.1. The van der Waals surface area contributed by atoms with Crippen molar-refractivity contribution in [3.63, 3.8) is 0 Å². The molecule has 0 saturated carbocycles. The molecule has 1 fully saturated rings. The van der Waals surface area contributed by atoms with Crippen LogP contribution in [0, 0.1) is 0 Å². The highest BCUT2D eigenvalue weighted by atomic mass is 32.1. The molecule has 2 aromatic heterocycles. The number of aromatic nitrogens is 1. The quantitative estimate of drug-likeness (QED) is 0.188. The number of carboxylic acid groups (broad SMARTS) is 1. The second-order valence-corrected chi connectivity index (χ2v) is 10.0. The molecule has 2 aromatic carbocycles. The molecule has 10 heteroatoms. The molecule has 0 bridgehead atoms. The van der Waals surface area contributed by atoms with Crippen molar-refractivity contribution in [1.29, 1.82) is 0 Å². The van der Waals surface area contributed by atoms with Gasteiger partial charge in [-0.15, -0.1) is 11.3 Å². The number of Topliss-reactive ketones (excluding diaryl/α,β-unsaturated/α-hetero) is 1. The molecule has 2 N–H and O–H groups in total. The minimum Gasteiger partial charge on any atom is -0.507 e. The fourth-order valence-corrected chi connectivity index (χ4v) is 5.86. The number of nitrogens with zero attached hydrogens (tertiary/aromatic N) is 2. The molecule has 182 valence electrons. The summed E-state index contributed by atoms with van der Waals surface area (Å²) in [6.07, 6.45) is 0.815. The average Bonchev–Trinajstić information content (AvgIpc) is 3.60. The van der Waals surface area contributed by atoms with Crippen molar-refractivity contribution >= 4 is 61.4 Å². The van der Waals surface area contributed by atoms with E-state index in [1.165, 1.54) is 28.4 Å². The molecule has 3 heterocycles. The van der Waals surface area contributed by atoms with E-state index in [2.05, 4.69) is 4.98 Å². The molecule has 1 unspecified atom stereocenters. The Balaban J connectivity index is 1.64. The molecule has 1 saturated heterocycles. The topological polar surface area (TPSA) is 117 Å². The highest BCUT2D eigenvalue weighted by molar-refractivity contribution is 7.22. The van der Waals surface area contributed by atoms with Gasteiger partial charge in [0.15, 0.2) is 5.13 Å². The Hall–Kier alpha value is -4.02. The van der Waals surface area contributed by atoms with Crippen molar-refractivity contribution in [2.45, 2.75) is 19.4 Å². The van der Waals surface area contributed by atoms with Gasteiger partial charge in [0, 0.05) is 10.4 Å². The maximum atomic E-state index is 13.3. The van der Waals surface area contributed by atoms with Crippen molar-refractivity contribution in [1.82, 2.24) is 4.98 Å². The van der Waals surface area contributed by atoms with Gasteiger partial charge in [-0.25, -0.2) is 9.78 Å². The summed E-state index contributed by atoms with van der Waals surface area (Å²) in [7, 11) is 0. The number of ketones is 1. The Morgan fingerprint density at radius 3 is 2.64 bits per heavy atom. The number of hydrogen-bond donors (Lipinski definition) is 2. The highest BCUT2D eigenvalue weighted by Crippen LogP contribution is 2.45. The summed E-state index contributed by atoms with van der Waals surface area (Å²) in [4.78, 5) is 44.4. The van der Waals surface area contributed by atoms with Gasteiger partial charge in [-0.1, -0.05) is 36.5 Å². The second-order valence-electron chi connectivity index (χ2n) is 8.04. The number of ether oxygens (including phenoxy) is 1.